The molecule has 0 aliphatic carbocycles. The topological polar surface area (TPSA) is 35.2 Å². The van der Waals surface area contributed by atoms with Gasteiger partial charge < -0.3 is 10.5 Å². The molecule has 0 aromatic heterocycles. The van der Waals surface area contributed by atoms with E-state index >= 15 is 0 Å². The highest BCUT2D eigenvalue weighted by Crippen LogP contribution is 2.32. The van der Waals surface area contributed by atoms with E-state index in [0.29, 0.717) is 18.8 Å². The summed E-state index contributed by atoms with van der Waals surface area (Å²) in [5, 5.41) is 0. The van der Waals surface area contributed by atoms with Crippen molar-refractivity contribution in [1.29, 1.82) is 0 Å². The number of hydrogen-bond acceptors (Lipinski definition) is 2. The van der Waals surface area contributed by atoms with E-state index in [4.69, 9.17) is 10.5 Å². The molecule has 1 aliphatic rings. The molecular formula is C9H20ClNO. The van der Waals surface area contributed by atoms with Crippen molar-refractivity contribution in [3.8, 4) is 0 Å². The van der Waals surface area contributed by atoms with Crippen LogP contribution in [0.15, 0.2) is 0 Å². The van der Waals surface area contributed by atoms with Gasteiger partial charge in [0.05, 0.1) is 12.2 Å². The van der Waals surface area contributed by atoms with Gasteiger partial charge in [-0.25, -0.2) is 0 Å². The van der Waals surface area contributed by atoms with Gasteiger partial charge in [-0.3, -0.25) is 0 Å². The number of rotatable bonds is 1. The maximum Gasteiger partial charge on any atom is 0.0702 e. The van der Waals surface area contributed by atoms with Crippen molar-refractivity contribution in [2.24, 2.45) is 11.1 Å². The molecule has 3 heteroatoms. The molecule has 0 saturated carbocycles. The van der Waals surface area contributed by atoms with Crippen LogP contribution in [-0.4, -0.2) is 18.8 Å². The quantitative estimate of drug-likeness (QED) is 0.691. The van der Waals surface area contributed by atoms with Crippen LogP contribution in [0, 0.1) is 5.41 Å². The monoisotopic (exact) mass is 193 g/mol. The molecule has 0 aromatic rings. The Morgan fingerprint density at radius 1 is 1.33 bits per heavy atom. The molecule has 0 unspecified atom stereocenters. The van der Waals surface area contributed by atoms with E-state index in [1.54, 1.807) is 0 Å². The Morgan fingerprint density at radius 2 is 1.92 bits per heavy atom. The van der Waals surface area contributed by atoms with Crippen LogP contribution in [0.5, 0.6) is 0 Å². The summed E-state index contributed by atoms with van der Waals surface area (Å²) in [6.45, 7) is 7.33. The van der Waals surface area contributed by atoms with E-state index in [1.165, 1.54) is 6.42 Å². The Labute approximate surface area is 81.3 Å². The summed E-state index contributed by atoms with van der Waals surface area (Å²) in [7, 11) is 0. The van der Waals surface area contributed by atoms with E-state index in [9.17, 15) is 0 Å². The lowest BCUT2D eigenvalue weighted by molar-refractivity contribution is -0.0117. The molecule has 0 aromatic carbocycles. The molecule has 0 bridgehead atoms. The second kappa shape index (κ2) is 4.45. The summed E-state index contributed by atoms with van der Waals surface area (Å²) in [6, 6.07) is 0. The zero-order chi connectivity index (χ0) is 8.48. The van der Waals surface area contributed by atoms with Crippen molar-refractivity contribution < 1.29 is 4.74 Å². The molecule has 1 saturated heterocycles. The number of halogens is 1. The summed E-state index contributed by atoms with van der Waals surface area (Å²) in [5.41, 5.74) is 5.80. The molecule has 1 fully saturated rings. The molecule has 1 heterocycles. The second-order valence-corrected chi connectivity index (χ2v) is 4.43. The van der Waals surface area contributed by atoms with Gasteiger partial charge in [-0.15, -0.1) is 12.4 Å². The molecule has 1 aliphatic heterocycles. The summed E-state index contributed by atoms with van der Waals surface area (Å²) in [6.07, 6.45) is 3.04. The lowest BCUT2D eigenvalue weighted by atomic mass is 9.87. The molecule has 2 N–H and O–H groups in total. The molecule has 74 valence electrons. The first-order valence-electron chi connectivity index (χ1n) is 4.39. The van der Waals surface area contributed by atoms with E-state index in [1.807, 2.05) is 0 Å². The third-order valence-corrected chi connectivity index (χ3v) is 2.34. The largest absolute Gasteiger partial charge is 0.373 e. The fraction of sp³-hybridized carbons (Fsp3) is 1.00. The number of nitrogens with two attached hydrogens (primary N) is 1. The van der Waals surface area contributed by atoms with Gasteiger partial charge >= 0.3 is 0 Å². The van der Waals surface area contributed by atoms with Crippen LogP contribution < -0.4 is 5.73 Å². The first-order valence-corrected chi connectivity index (χ1v) is 4.39. The van der Waals surface area contributed by atoms with Gasteiger partial charge in [-0.05, 0) is 18.3 Å². The minimum atomic E-state index is 0. The first kappa shape index (κ1) is 12.2. The van der Waals surface area contributed by atoms with Crippen LogP contribution in [0.2, 0.25) is 0 Å². The van der Waals surface area contributed by atoms with Crippen molar-refractivity contribution in [2.75, 3.05) is 6.54 Å². The summed E-state index contributed by atoms with van der Waals surface area (Å²) in [4.78, 5) is 0. The minimum Gasteiger partial charge on any atom is -0.373 e. The van der Waals surface area contributed by atoms with E-state index in [-0.39, 0.29) is 17.8 Å². The highest BCUT2D eigenvalue weighted by Gasteiger charge is 2.32. The van der Waals surface area contributed by atoms with Crippen LogP contribution in [0.3, 0.4) is 0 Å². The maximum atomic E-state index is 5.75. The van der Waals surface area contributed by atoms with Gasteiger partial charge in [-0.1, -0.05) is 20.8 Å². The lowest BCUT2D eigenvalue weighted by Gasteiger charge is -2.26. The van der Waals surface area contributed by atoms with E-state index < -0.39 is 0 Å². The molecular weight excluding hydrogens is 174 g/mol. The Kier molecular flexibility index (Phi) is 4.53. The molecule has 0 radical (unpaired) electrons. The van der Waals surface area contributed by atoms with Crippen LogP contribution in [0.25, 0.3) is 0 Å². The van der Waals surface area contributed by atoms with Crippen molar-refractivity contribution in [3.05, 3.63) is 0 Å². The highest BCUT2D eigenvalue weighted by atomic mass is 35.5. The molecule has 12 heavy (non-hydrogen) atoms. The SMILES string of the molecule is CC(C)(C)[C@@H]1CC[C@H](CN)O1.Cl. The molecule has 0 spiro atoms. The van der Waals surface area contributed by atoms with E-state index in [0.717, 1.165) is 6.42 Å². The summed E-state index contributed by atoms with van der Waals surface area (Å²) in [5.74, 6) is 0. The van der Waals surface area contributed by atoms with E-state index in [2.05, 4.69) is 20.8 Å². The van der Waals surface area contributed by atoms with Crippen molar-refractivity contribution in [2.45, 2.75) is 45.8 Å². The van der Waals surface area contributed by atoms with Crippen LogP contribution in [0.4, 0.5) is 0 Å². The van der Waals surface area contributed by atoms with Gasteiger partial charge in [-0.2, -0.15) is 0 Å². The number of hydrogen-bond donors (Lipinski definition) is 1. The zero-order valence-electron chi connectivity index (χ0n) is 8.17. The fourth-order valence-electron chi connectivity index (χ4n) is 1.52. The smallest absolute Gasteiger partial charge is 0.0702 e. The van der Waals surface area contributed by atoms with Crippen molar-refractivity contribution in [3.63, 3.8) is 0 Å². The Balaban J connectivity index is 0.00000121. The lowest BCUT2D eigenvalue weighted by Crippen LogP contribution is -2.28. The molecule has 0 amide bonds. The Hall–Kier alpha value is 0.210. The van der Waals surface area contributed by atoms with Crippen LogP contribution >= 0.6 is 12.4 Å². The van der Waals surface area contributed by atoms with Crippen molar-refractivity contribution >= 4 is 12.4 Å². The maximum absolute atomic E-state index is 5.75. The second-order valence-electron chi connectivity index (χ2n) is 4.43. The van der Waals surface area contributed by atoms with Crippen molar-refractivity contribution in [1.82, 2.24) is 0 Å². The summed E-state index contributed by atoms with van der Waals surface area (Å²) < 4.78 is 5.75. The average molecular weight is 194 g/mol. The van der Waals surface area contributed by atoms with Gasteiger partial charge in [0.1, 0.15) is 0 Å². The standard InChI is InChI=1S/C9H19NO.ClH/c1-9(2,3)8-5-4-7(6-10)11-8;/h7-8H,4-6,10H2,1-3H3;1H/t7-,8+;/m1./s1. The average Bonchev–Trinajstić information content (AvgIpc) is 2.32. The predicted octanol–water partition coefficient (Wildman–Crippen LogP) is 1.96. The Bertz CT molecular complexity index is 133. The molecule has 2 atom stereocenters. The van der Waals surface area contributed by atoms with Crippen LogP contribution in [-0.2, 0) is 4.74 Å². The molecule has 1 rings (SSSR count). The minimum absolute atomic E-state index is 0. The first-order chi connectivity index (χ1) is 5.04. The third kappa shape index (κ3) is 2.92. The van der Waals surface area contributed by atoms with Gasteiger partial charge in [0.15, 0.2) is 0 Å². The predicted molar refractivity (Wildman–Crippen MR) is 53.7 cm³/mol. The van der Waals surface area contributed by atoms with Gasteiger partial charge in [0.2, 0.25) is 0 Å². The van der Waals surface area contributed by atoms with Crippen LogP contribution in [0.1, 0.15) is 33.6 Å². The number of ether oxygens (including phenoxy) is 1. The highest BCUT2D eigenvalue weighted by molar-refractivity contribution is 5.85. The Morgan fingerprint density at radius 3 is 2.17 bits per heavy atom. The molecule has 2 nitrogen and oxygen atoms in total. The summed E-state index contributed by atoms with van der Waals surface area (Å²) >= 11 is 0. The zero-order valence-corrected chi connectivity index (χ0v) is 8.99. The fourth-order valence-corrected chi connectivity index (χ4v) is 1.52. The third-order valence-electron chi connectivity index (χ3n) is 2.34. The normalized spacial score (nSPS) is 30.0. The van der Waals surface area contributed by atoms with Gasteiger partial charge in [0.25, 0.3) is 0 Å². The van der Waals surface area contributed by atoms with Gasteiger partial charge in [0, 0.05) is 6.54 Å².